The van der Waals surface area contributed by atoms with Crippen LogP contribution >= 0.6 is 0 Å². The second kappa shape index (κ2) is 5.93. The molecule has 6 heteroatoms. The van der Waals surface area contributed by atoms with Crippen LogP contribution in [0.3, 0.4) is 0 Å². The van der Waals surface area contributed by atoms with Crippen molar-refractivity contribution < 1.29 is 19.4 Å². The van der Waals surface area contributed by atoms with Crippen molar-refractivity contribution in [2.24, 2.45) is 0 Å². The van der Waals surface area contributed by atoms with E-state index in [1.54, 1.807) is 35.2 Å². The molecule has 0 atom stereocenters. The normalized spacial score (nSPS) is 13.8. The number of aromatic hydroxyl groups is 1. The molecule has 0 saturated carbocycles. The van der Waals surface area contributed by atoms with Crippen molar-refractivity contribution in [2.75, 3.05) is 20.3 Å². The molecule has 2 aromatic rings. The van der Waals surface area contributed by atoms with Gasteiger partial charge in [0.1, 0.15) is 18.1 Å². The number of pyridine rings is 1. The zero-order valence-corrected chi connectivity index (χ0v) is 12.2. The molecule has 0 unspecified atom stereocenters. The Morgan fingerprint density at radius 1 is 1.36 bits per heavy atom. The minimum Gasteiger partial charge on any atom is -0.508 e. The van der Waals surface area contributed by atoms with E-state index in [4.69, 9.17) is 9.47 Å². The van der Waals surface area contributed by atoms with E-state index in [0.29, 0.717) is 36.9 Å². The third kappa shape index (κ3) is 2.81. The van der Waals surface area contributed by atoms with Gasteiger partial charge in [0, 0.05) is 24.4 Å². The van der Waals surface area contributed by atoms with Gasteiger partial charge in [-0.05, 0) is 24.3 Å². The molecule has 2 heterocycles. The van der Waals surface area contributed by atoms with Crippen molar-refractivity contribution in [3.8, 4) is 17.4 Å². The highest BCUT2D eigenvalue weighted by atomic mass is 16.5. The van der Waals surface area contributed by atoms with Gasteiger partial charge < -0.3 is 19.5 Å². The molecule has 1 aromatic carbocycles. The van der Waals surface area contributed by atoms with Gasteiger partial charge in [0.2, 0.25) is 5.88 Å². The zero-order valence-electron chi connectivity index (χ0n) is 12.2. The largest absolute Gasteiger partial charge is 0.508 e. The molecule has 3 rings (SSSR count). The van der Waals surface area contributed by atoms with E-state index < -0.39 is 0 Å². The number of nitrogens with zero attached hydrogens (tertiary/aromatic N) is 2. The van der Waals surface area contributed by atoms with E-state index in [0.717, 1.165) is 5.56 Å². The van der Waals surface area contributed by atoms with E-state index in [1.165, 1.54) is 13.3 Å². The molecule has 0 aliphatic carbocycles. The van der Waals surface area contributed by atoms with Gasteiger partial charge in [-0.25, -0.2) is 4.98 Å². The number of amides is 1. The fourth-order valence-electron chi connectivity index (χ4n) is 2.36. The van der Waals surface area contributed by atoms with E-state index in [-0.39, 0.29) is 11.7 Å². The van der Waals surface area contributed by atoms with Crippen LogP contribution in [0.2, 0.25) is 0 Å². The Hall–Kier alpha value is -2.76. The second-order valence-electron chi connectivity index (χ2n) is 4.96. The van der Waals surface area contributed by atoms with Crippen molar-refractivity contribution >= 4 is 5.91 Å². The Morgan fingerprint density at radius 2 is 2.23 bits per heavy atom. The number of fused-ring (bicyclic) bond motifs is 1. The molecule has 1 N–H and O–H groups in total. The lowest BCUT2D eigenvalue weighted by molar-refractivity contribution is 0.0732. The number of phenolic OH excluding ortho intramolecular Hbond substituents is 1. The highest BCUT2D eigenvalue weighted by Gasteiger charge is 2.21. The molecule has 1 amide bonds. The monoisotopic (exact) mass is 300 g/mol. The Kier molecular flexibility index (Phi) is 3.82. The molecule has 0 bridgehead atoms. The number of ether oxygens (including phenoxy) is 2. The Morgan fingerprint density at radius 3 is 2.95 bits per heavy atom. The Balaban J connectivity index is 1.83. The van der Waals surface area contributed by atoms with Gasteiger partial charge in [0.15, 0.2) is 0 Å². The van der Waals surface area contributed by atoms with Crippen LogP contribution in [-0.2, 0) is 6.54 Å². The van der Waals surface area contributed by atoms with E-state index >= 15 is 0 Å². The first-order chi connectivity index (χ1) is 10.7. The highest BCUT2D eigenvalue weighted by Crippen LogP contribution is 2.27. The van der Waals surface area contributed by atoms with Gasteiger partial charge in [-0.15, -0.1) is 0 Å². The summed E-state index contributed by atoms with van der Waals surface area (Å²) in [6.07, 6.45) is 1.50. The standard InChI is InChI=1S/C16H16N2O4/c1-21-15-5-2-11(9-17-15)16(20)18-6-7-22-14-4-3-13(19)8-12(14)10-18/h2-5,8-9,19H,6-7,10H2,1H3. The molecular weight excluding hydrogens is 284 g/mol. The number of hydrogen-bond acceptors (Lipinski definition) is 5. The minimum atomic E-state index is -0.130. The lowest BCUT2D eigenvalue weighted by atomic mass is 10.1. The maximum Gasteiger partial charge on any atom is 0.255 e. The van der Waals surface area contributed by atoms with Crippen molar-refractivity contribution in [3.05, 3.63) is 47.7 Å². The smallest absolute Gasteiger partial charge is 0.255 e. The van der Waals surface area contributed by atoms with Crippen LogP contribution in [0.5, 0.6) is 17.4 Å². The summed E-state index contributed by atoms with van der Waals surface area (Å²) >= 11 is 0. The fraction of sp³-hybridized carbons (Fsp3) is 0.250. The maximum atomic E-state index is 12.6. The van der Waals surface area contributed by atoms with Gasteiger partial charge in [0.05, 0.1) is 19.2 Å². The topological polar surface area (TPSA) is 71.9 Å². The number of carbonyl (C=O) groups excluding carboxylic acids is 1. The average molecular weight is 300 g/mol. The highest BCUT2D eigenvalue weighted by molar-refractivity contribution is 5.94. The fourth-order valence-corrected chi connectivity index (χ4v) is 2.36. The molecule has 0 radical (unpaired) electrons. The van der Waals surface area contributed by atoms with Crippen molar-refractivity contribution in [2.45, 2.75) is 6.54 Å². The predicted molar refractivity (Wildman–Crippen MR) is 79.1 cm³/mol. The Labute approximate surface area is 127 Å². The van der Waals surface area contributed by atoms with Crippen LogP contribution in [0.1, 0.15) is 15.9 Å². The number of phenols is 1. The van der Waals surface area contributed by atoms with E-state index in [2.05, 4.69) is 4.98 Å². The zero-order chi connectivity index (χ0) is 15.5. The molecule has 22 heavy (non-hydrogen) atoms. The van der Waals surface area contributed by atoms with Crippen LogP contribution in [0.4, 0.5) is 0 Å². The van der Waals surface area contributed by atoms with Crippen LogP contribution in [0.15, 0.2) is 36.5 Å². The first-order valence-electron chi connectivity index (χ1n) is 6.91. The third-order valence-electron chi connectivity index (χ3n) is 3.50. The van der Waals surface area contributed by atoms with Gasteiger partial charge in [-0.3, -0.25) is 4.79 Å². The third-order valence-corrected chi connectivity index (χ3v) is 3.50. The summed E-state index contributed by atoms with van der Waals surface area (Å²) in [6, 6.07) is 8.25. The summed E-state index contributed by atoms with van der Waals surface area (Å²) < 4.78 is 10.6. The molecule has 1 aliphatic heterocycles. The molecule has 1 aromatic heterocycles. The molecule has 0 fully saturated rings. The van der Waals surface area contributed by atoms with Crippen LogP contribution in [0, 0.1) is 0 Å². The minimum absolute atomic E-state index is 0.130. The average Bonchev–Trinajstić information content (AvgIpc) is 2.76. The van der Waals surface area contributed by atoms with Crippen LogP contribution < -0.4 is 9.47 Å². The van der Waals surface area contributed by atoms with Gasteiger partial charge in [-0.2, -0.15) is 0 Å². The van der Waals surface area contributed by atoms with E-state index in [1.807, 2.05) is 0 Å². The SMILES string of the molecule is COc1ccc(C(=O)N2CCOc3ccc(O)cc3C2)cn1. The summed E-state index contributed by atoms with van der Waals surface area (Å²) in [7, 11) is 1.53. The quantitative estimate of drug-likeness (QED) is 0.916. The summed E-state index contributed by atoms with van der Waals surface area (Å²) in [5.41, 5.74) is 1.27. The van der Waals surface area contributed by atoms with Crippen molar-refractivity contribution in [1.29, 1.82) is 0 Å². The number of aromatic nitrogens is 1. The predicted octanol–water partition coefficient (Wildman–Crippen LogP) is 1.83. The summed E-state index contributed by atoms with van der Waals surface area (Å²) in [6.45, 7) is 1.27. The molecule has 0 spiro atoms. The van der Waals surface area contributed by atoms with Gasteiger partial charge in [-0.1, -0.05) is 0 Å². The molecule has 6 nitrogen and oxygen atoms in total. The number of methoxy groups -OCH3 is 1. The summed E-state index contributed by atoms with van der Waals surface area (Å²) in [5.74, 6) is 1.18. The molecule has 0 saturated heterocycles. The number of rotatable bonds is 2. The van der Waals surface area contributed by atoms with Crippen molar-refractivity contribution in [1.82, 2.24) is 9.88 Å². The lowest BCUT2D eigenvalue weighted by Gasteiger charge is -2.19. The molecule has 1 aliphatic rings. The number of hydrogen-bond donors (Lipinski definition) is 1. The first-order valence-corrected chi connectivity index (χ1v) is 6.91. The van der Waals surface area contributed by atoms with Crippen molar-refractivity contribution in [3.63, 3.8) is 0 Å². The van der Waals surface area contributed by atoms with Crippen LogP contribution in [-0.4, -0.2) is 41.2 Å². The summed E-state index contributed by atoms with van der Waals surface area (Å²) in [4.78, 5) is 18.3. The molecular formula is C16H16N2O4. The van der Waals surface area contributed by atoms with Gasteiger partial charge in [0.25, 0.3) is 5.91 Å². The van der Waals surface area contributed by atoms with E-state index in [9.17, 15) is 9.90 Å². The number of benzene rings is 1. The van der Waals surface area contributed by atoms with Gasteiger partial charge >= 0.3 is 0 Å². The summed E-state index contributed by atoms with van der Waals surface area (Å²) in [5, 5.41) is 9.60. The van der Waals surface area contributed by atoms with Crippen LogP contribution in [0.25, 0.3) is 0 Å². The maximum absolute atomic E-state index is 12.6. The second-order valence-corrected chi connectivity index (χ2v) is 4.96. The lowest BCUT2D eigenvalue weighted by Crippen LogP contribution is -2.32. The number of carbonyl (C=O) groups is 1. The Bertz CT molecular complexity index is 685. The first kappa shape index (κ1) is 14.2. The molecule has 114 valence electrons.